The minimum Gasteiger partial charge on any atom is -0.494 e. The molecule has 0 amide bonds. The van der Waals surface area contributed by atoms with Crippen molar-refractivity contribution >= 4 is 41.0 Å². The van der Waals surface area contributed by atoms with E-state index in [9.17, 15) is 4.79 Å². The van der Waals surface area contributed by atoms with Crippen LogP contribution in [0.15, 0.2) is 47.5 Å². The zero-order valence-corrected chi connectivity index (χ0v) is 17.4. The topological polar surface area (TPSA) is 116 Å². The standard InChI is InChI=1S/C22H24ClN5O2/c1-14(25)28-20-8-7-17(30-12-2-10-24)13-18(20)21(15-3-5-16(23)6-4-15)27-19(9-11-29)22(28)26/h3-8,11,13,19,25-26H,2,9-10,12,24H2,1H3/t19-/m0/s1. The van der Waals surface area contributed by atoms with Crippen LogP contribution in [-0.2, 0) is 4.79 Å². The van der Waals surface area contributed by atoms with Gasteiger partial charge in [-0.3, -0.25) is 20.7 Å². The second kappa shape index (κ2) is 9.65. The molecule has 30 heavy (non-hydrogen) atoms. The van der Waals surface area contributed by atoms with Crippen molar-refractivity contribution in [3.63, 3.8) is 0 Å². The van der Waals surface area contributed by atoms with Crippen LogP contribution in [0.25, 0.3) is 0 Å². The Morgan fingerprint density at radius 2 is 2.03 bits per heavy atom. The second-order valence-corrected chi connectivity index (χ2v) is 7.31. The molecule has 0 aromatic heterocycles. The lowest BCUT2D eigenvalue weighted by molar-refractivity contribution is -0.107. The number of benzene rings is 2. The van der Waals surface area contributed by atoms with E-state index in [2.05, 4.69) is 0 Å². The van der Waals surface area contributed by atoms with Gasteiger partial charge in [-0.1, -0.05) is 23.7 Å². The van der Waals surface area contributed by atoms with Crippen molar-refractivity contribution in [2.24, 2.45) is 10.7 Å². The molecule has 1 heterocycles. The highest BCUT2D eigenvalue weighted by atomic mass is 35.5. The van der Waals surface area contributed by atoms with E-state index in [0.29, 0.717) is 40.9 Å². The highest BCUT2D eigenvalue weighted by Gasteiger charge is 2.30. The minimum atomic E-state index is -0.706. The lowest BCUT2D eigenvalue weighted by atomic mass is 9.99. The number of hydrogen-bond donors (Lipinski definition) is 3. The van der Waals surface area contributed by atoms with Gasteiger partial charge >= 0.3 is 0 Å². The zero-order chi connectivity index (χ0) is 21.7. The summed E-state index contributed by atoms with van der Waals surface area (Å²) in [6.45, 7) is 2.63. The molecule has 1 aliphatic rings. The lowest BCUT2D eigenvalue weighted by Gasteiger charge is -2.26. The molecule has 0 saturated carbocycles. The summed E-state index contributed by atoms with van der Waals surface area (Å²) in [5, 5.41) is 17.5. The predicted molar refractivity (Wildman–Crippen MR) is 121 cm³/mol. The fourth-order valence-electron chi connectivity index (χ4n) is 3.28. The molecule has 3 rings (SSSR count). The van der Waals surface area contributed by atoms with Crippen LogP contribution in [0.5, 0.6) is 5.75 Å². The summed E-state index contributed by atoms with van der Waals surface area (Å²) in [5.74, 6) is 0.893. The van der Waals surface area contributed by atoms with Gasteiger partial charge in [-0.2, -0.15) is 0 Å². The number of aldehydes is 1. The number of carbonyl (C=O) groups is 1. The average molecular weight is 426 g/mol. The van der Waals surface area contributed by atoms with E-state index in [4.69, 9.17) is 37.9 Å². The van der Waals surface area contributed by atoms with Gasteiger partial charge < -0.3 is 15.3 Å². The largest absolute Gasteiger partial charge is 0.494 e. The number of nitrogens with one attached hydrogen (secondary N) is 2. The van der Waals surface area contributed by atoms with E-state index in [0.717, 1.165) is 18.3 Å². The summed E-state index contributed by atoms with van der Waals surface area (Å²) in [7, 11) is 0. The first-order chi connectivity index (χ1) is 14.5. The maximum absolute atomic E-state index is 11.3. The second-order valence-electron chi connectivity index (χ2n) is 6.88. The van der Waals surface area contributed by atoms with E-state index in [1.807, 2.05) is 24.3 Å². The molecule has 0 aliphatic carbocycles. The van der Waals surface area contributed by atoms with Crippen molar-refractivity contribution < 1.29 is 9.53 Å². The maximum atomic E-state index is 11.3. The van der Waals surface area contributed by atoms with Gasteiger partial charge in [-0.05, 0) is 50.2 Å². The van der Waals surface area contributed by atoms with Crippen molar-refractivity contribution in [2.45, 2.75) is 25.8 Å². The van der Waals surface area contributed by atoms with Gasteiger partial charge in [0.25, 0.3) is 0 Å². The quantitative estimate of drug-likeness (QED) is 0.271. The van der Waals surface area contributed by atoms with E-state index in [-0.39, 0.29) is 18.1 Å². The number of anilines is 1. The van der Waals surface area contributed by atoms with Crippen LogP contribution in [0, 0.1) is 10.8 Å². The molecule has 0 fully saturated rings. The highest BCUT2D eigenvalue weighted by Crippen LogP contribution is 2.33. The Kier molecular flexibility index (Phi) is 6.97. The first kappa shape index (κ1) is 21.7. The smallest absolute Gasteiger partial charge is 0.132 e. The van der Waals surface area contributed by atoms with Crippen molar-refractivity contribution in [2.75, 3.05) is 18.1 Å². The molecular weight excluding hydrogens is 402 g/mol. The van der Waals surface area contributed by atoms with Crippen molar-refractivity contribution in [3.8, 4) is 5.75 Å². The van der Waals surface area contributed by atoms with E-state index >= 15 is 0 Å². The van der Waals surface area contributed by atoms with Gasteiger partial charge in [0.15, 0.2) is 0 Å². The summed E-state index contributed by atoms with van der Waals surface area (Å²) >= 11 is 6.06. The molecule has 0 radical (unpaired) electrons. The molecule has 2 aromatic rings. The Labute approximate surface area is 180 Å². The molecule has 2 aromatic carbocycles. The van der Waals surface area contributed by atoms with Gasteiger partial charge in [0.2, 0.25) is 0 Å². The first-order valence-electron chi connectivity index (χ1n) is 9.64. The number of benzodiazepines with no additional fused rings is 1. The van der Waals surface area contributed by atoms with Crippen molar-refractivity contribution in [3.05, 3.63) is 58.6 Å². The number of rotatable bonds is 7. The van der Waals surface area contributed by atoms with Crippen LogP contribution in [0.2, 0.25) is 5.02 Å². The Bertz CT molecular complexity index is 988. The highest BCUT2D eigenvalue weighted by molar-refractivity contribution is 6.31. The number of carbonyl (C=O) groups excluding carboxylic acids is 1. The third-order valence-corrected chi connectivity index (χ3v) is 4.95. The molecule has 0 unspecified atom stereocenters. The maximum Gasteiger partial charge on any atom is 0.132 e. The van der Waals surface area contributed by atoms with E-state index in [1.54, 1.807) is 25.1 Å². The van der Waals surface area contributed by atoms with Crippen LogP contribution in [-0.4, -0.2) is 42.9 Å². The molecule has 4 N–H and O–H groups in total. The SMILES string of the molecule is CC(=N)N1C(=N)[C@H](CC=O)N=C(c2ccc(Cl)cc2)c2cc(OCCCN)ccc21. The van der Waals surface area contributed by atoms with Crippen molar-refractivity contribution in [1.82, 2.24) is 0 Å². The molecule has 0 saturated heterocycles. The number of halogens is 1. The average Bonchev–Trinajstić information content (AvgIpc) is 2.84. The molecule has 0 bridgehead atoms. The summed E-state index contributed by atoms with van der Waals surface area (Å²) in [5.41, 5.74) is 8.32. The van der Waals surface area contributed by atoms with Gasteiger partial charge in [0.05, 0.1) is 18.0 Å². The Morgan fingerprint density at radius 3 is 2.67 bits per heavy atom. The molecule has 7 nitrogen and oxygen atoms in total. The molecular formula is C22H24ClN5O2. The van der Waals surface area contributed by atoms with Crippen LogP contribution in [0.1, 0.15) is 30.9 Å². The number of hydrogen-bond acceptors (Lipinski definition) is 6. The number of amidine groups is 2. The van der Waals surface area contributed by atoms with Crippen LogP contribution in [0.3, 0.4) is 0 Å². The molecule has 0 spiro atoms. The third kappa shape index (κ3) is 4.58. The number of ether oxygens (including phenoxy) is 1. The van der Waals surface area contributed by atoms with Gasteiger partial charge in [0.1, 0.15) is 29.7 Å². The summed E-state index contributed by atoms with van der Waals surface area (Å²) in [4.78, 5) is 17.6. The van der Waals surface area contributed by atoms with Gasteiger partial charge in [-0.15, -0.1) is 0 Å². The number of aliphatic imine (C=N–C) groups is 1. The third-order valence-electron chi connectivity index (χ3n) is 4.70. The molecule has 8 heteroatoms. The Hall–Kier alpha value is -3.03. The normalized spacial score (nSPS) is 15.8. The fourth-order valence-corrected chi connectivity index (χ4v) is 3.41. The zero-order valence-electron chi connectivity index (χ0n) is 16.7. The van der Waals surface area contributed by atoms with Gasteiger partial charge in [-0.25, -0.2) is 0 Å². The Morgan fingerprint density at radius 1 is 1.30 bits per heavy atom. The van der Waals surface area contributed by atoms with E-state index in [1.165, 1.54) is 4.90 Å². The molecule has 1 aliphatic heterocycles. The number of nitrogens with two attached hydrogens (primary N) is 1. The van der Waals surface area contributed by atoms with Crippen LogP contribution in [0.4, 0.5) is 5.69 Å². The molecule has 156 valence electrons. The number of nitrogens with zero attached hydrogens (tertiary/aromatic N) is 2. The monoisotopic (exact) mass is 425 g/mol. The lowest BCUT2D eigenvalue weighted by Crippen LogP contribution is -2.40. The first-order valence-corrected chi connectivity index (χ1v) is 10.0. The van der Waals surface area contributed by atoms with Gasteiger partial charge in [0, 0.05) is 22.6 Å². The van der Waals surface area contributed by atoms with Crippen molar-refractivity contribution in [1.29, 1.82) is 10.8 Å². The molecule has 1 atom stereocenters. The summed E-state index contributed by atoms with van der Waals surface area (Å²) in [6, 6.07) is 12.0. The van der Waals surface area contributed by atoms with Crippen LogP contribution >= 0.6 is 11.6 Å². The predicted octanol–water partition coefficient (Wildman–Crippen LogP) is 3.66. The Balaban J connectivity index is 2.20. The van der Waals surface area contributed by atoms with E-state index < -0.39 is 6.04 Å². The number of fused-ring (bicyclic) bond motifs is 1. The summed E-state index contributed by atoms with van der Waals surface area (Å²) in [6.07, 6.45) is 1.53. The fraction of sp³-hybridized carbons (Fsp3) is 0.273. The van der Waals surface area contributed by atoms with Crippen LogP contribution < -0.4 is 15.4 Å². The summed E-state index contributed by atoms with van der Waals surface area (Å²) < 4.78 is 5.82. The minimum absolute atomic E-state index is 0.0492.